The van der Waals surface area contributed by atoms with Crippen LogP contribution in [0.4, 0.5) is 0 Å². The van der Waals surface area contributed by atoms with Crippen LogP contribution in [0.5, 0.6) is 11.5 Å². The van der Waals surface area contributed by atoms with Gasteiger partial charge in [-0.1, -0.05) is 19.8 Å². The van der Waals surface area contributed by atoms with Crippen LogP contribution in [-0.2, 0) is 10.0 Å². The van der Waals surface area contributed by atoms with Gasteiger partial charge >= 0.3 is 0 Å². The molecule has 20 heavy (non-hydrogen) atoms. The Balaban J connectivity index is 2.99. The van der Waals surface area contributed by atoms with Crippen molar-refractivity contribution in [1.82, 2.24) is 4.72 Å². The van der Waals surface area contributed by atoms with Crippen LogP contribution in [0.15, 0.2) is 21.5 Å². The summed E-state index contributed by atoms with van der Waals surface area (Å²) in [4.78, 5) is 0.145. The molecule has 0 atom stereocenters. The molecule has 0 heterocycles. The van der Waals surface area contributed by atoms with E-state index in [0.717, 1.165) is 19.3 Å². The average Bonchev–Trinajstić information content (AvgIpc) is 2.43. The molecular formula is C13H20BrNO4S. The molecule has 0 spiro atoms. The summed E-state index contributed by atoms with van der Waals surface area (Å²) in [7, 11) is -0.591. The van der Waals surface area contributed by atoms with Gasteiger partial charge in [0.15, 0.2) is 11.5 Å². The van der Waals surface area contributed by atoms with Crippen molar-refractivity contribution < 1.29 is 17.9 Å². The molecule has 0 bridgehead atoms. The van der Waals surface area contributed by atoms with Gasteiger partial charge in [0.1, 0.15) is 4.90 Å². The number of hydrogen-bond donors (Lipinski definition) is 1. The summed E-state index contributed by atoms with van der Waals surface area (Å²) in [6.07, 6.45) is 2.86. The quantitative estimate of drug-likeness (QED) is 0.719. The lowest BCUT2D eigenvalue weighted by molar-refractivity contribution is 0.353. The van der Waals surface area contributed by atoms with Crippen molar-refractivity contribution in [3.8, 4) is 11.5 Å². The Morgan fingerprint density at radius 1 is 1.15 bits per heavy atom. The van der Waals surface area contributed by atoms with Gasteiger partial charge in [-0.3, -0.25) is 0 Å². The Labute approximate surface area is 128 Å². The van der Waals surface area contributed by atoms with Crippen LogP contribution < -0.4 is 14.2 Å². The molecule has 1 N–H and O–H groups in total. The smallest absolute Gasteiger partial charge is 0.241 e. The highest BCUT2D eigenvalue weighted by molar-refractivity contribution is 9.10. The van der Waals surface area contributed by atoms with Gasteiger partial charge in [0, 0.05) is 17.1 Å². The van der Waals surface area contributed by atoms with Gasteiger partial charge in [-0.15, -0.1) is 0 Å². The van der Waals surface area contributed by atoms with Gasteiger partial charge < -0.3 is 9.47 Å². The lowest BCUT2D eigenvalue weighted by atomic mass is 10.3. The maximum Gasteiger partial charge on any atom is 0.241 e. The zero-order valence-corrected chi connectivity index (χ0v) is 14.3. The van der Waals surface area contributed by atoms with Crippen molar-refractivity contribution in [3.05, 3.63) is 16.6 Å². The Bertz CT molecular complexity index is 546. The standard InChI is InChI=1S/C13H20BrNO4S/c1-4-5-6-7-15-20(16,17)13-9-12(19-3)11(18-2)8-10(13)14/h8-9,15H,4-7H2,1-3H3. The molecular weight excluding hydrogens is 346 g/mol. The molecule has 1 aromatic carbocycles. The van der Waals surface area contributed by atoms with Crippen LogP contribution in [0.3, 0.4) is 0 Å². The van der Waals surface area contributed by atoms with Gasteiger partial charge in [-0.05, 0) is 28.4 Å². The van der Waals surface area contributed by atoms with Crippen molar-refractivity contribution in [2.24, 2.45) is 0 Å². The fraction of sp³-hybridized carbons (Fsp3) is 0.538. The molecule has 114 valence electrons. The number of unbranched alkanes of at least 4 members (excludes halogenated alkanes) is 2. The number of methoxy groups -OCH3 is 2. The normalized spacial score (nSPS) is 11.4. The van der Waals surface area contributed by atoms with Gasteiger partial charge in [-0.25, -0.2) is 13.1 Å². The molecule has 0 saturated carbocycles. The molecule has 0 aromatic heterocycles. The number of ether oxygens (including phenoxy) is 2. The molecule has 0 aliphatic rings. The number of rotatable bonds is 8. The molecule has 0 amide bonds. The van der Waals surface area contributed by atoms with Crippen LogP contribution in [0.1, 0.15) is 26.2 Å². The fourth-order valence-corrected chi connectivity index (χ4v) is 3.81. The molecule has 0 aliphatic carbocycles. The molecule has 1 aromatic rings. The number of halogens is 1. The molecule has 0 unspecified atom stereocenters. The van der Waals surface area contributed by atoms with E-state index in [1.165, 1.54) is 20.3 Å². The van der Waals surface area contributed by atoms with E-state index < -0.39 is 10.0 Å². The Hall–Kier alpha value is -0.790. The zero-order valence-electron chi connectivity index (χ0n) is 11.9. The lowest BCUT2D eigenvalue weighted by Gasteiger charge is -2.13. The first-order chi connectivity index (χ1) is 9.46. The van der Waals surface area contributed by atoms with Crippen molar-refractivity contribution in [2.45, 2.75) is 31.1 Å². The topological polar surface area (TPSA) is 64.6 Å². The highest BCUT2D eigenvalue weighted by Gasteiger charge is 2.20. The summed E-state index contributed by atoms with van der Waals surface area (Å²) in [5, 5.41) is 0. The third kappa shape index (κ3) is 4.36. The number of sulfonamides is 1. The van der Waals surface area contributed by atoms with Crippen LogP contribution in [0.25, 0.3) is 0 Å². The minimum atomic E-state index is -3.56. The molecule has 0 fully saturated rings. The van der Waals surface area contributed by atoms with Crippen LogP contribution >= 0.6 is 15.9 Å². The van der Waals surface area contributed by atoms with Gasteiger partial charge in [0.25, 0.3) is 0 Å². The van der Waals surface area contributed by atoms with E-state index in [1.807, 2.05) is 0 Å². The Kier molecular flexibility index (Phi) is 6.78. The van der Waals surface area contributed by atoms with Crippen LogP contribution in [0.2, 0.25) is 0 Å². The summed E-state index contributed by atoms with van der Waals surface area (Å²) in [5.41, 5.74) is 0. The number of nitrogens with one attached hydrogen (secondary N) is 1. The second-order valence-corrected chi connectivity index (χ2v) is 6.83. The number of hydrogen-bond acceptors (Lipinski definition) is 4. The van der Waals surface area contributed by atoms with Gasteiger partial charge in [-0.2, -0.15) is 0 Å². The maximum absolute atomic E-state index is 12.2. The second kappa shape index (κ2) is 7.85. The third-order valence-corrected chi connectivity index (χ3v) is 5.22. The van der Waals surface area contributed by atoms with Gasteiger partial charge in [0.2, 0.25) is 10.0 Å². The first-order valence-electron chi connectivity index (χ1n) is 6.37. The van der Waals surface area contributed by atoms with E-state index >= 15 is 0 Å². The molecule has 0 saturated heterocycles. The minimum Gasteiger partial charge on any atom is -0.493 e. The maximum atomic E-state index is 12.2. The first-order valence-corrected chi connectivity index (χ1v) is 8.65. The van der Waals surface area contributed by atoms with Crippen molar-refractivity contribution in [1.29, 1.82) is 0 Å². The summed E-state index contributed by atoms with van der Waals surface area (Å²) in [6, 6.07) is 3.03. The van der Waals surface area contributed by atoms with E-state index in [2.05, 4.69) is 27.6 Å². The summed E-state index contributed by atoms with van der Waals surface area (Å²) < 4.78 is 37.8. The van der Waals surface area contributed by atoms with E-state index in [4.69, 9.17) is 9.47 Å². The van der Waals surface area contributed by atoms with E-state index in [1.54, 1.807) is 6.07 Å². The lowest BCUT2D eigenvalue weighted by Crippen LogP contribution is -2.25. The monoisotopic (exact) mass is 365 g/mol. The summed E-state index contributed by atoms with van der Waals surface area (Å²) in [5.74, 6) is 0.856. The largest absolute Gasteiger partial charge is 0.493 e. The molecule has 1 rings (SSSR count). The number of benzene rings is 1. The first kappa shape index (κ1) is 17.3. The third-order valence-electron chi connectivity index (χ3n) is 2.80. The predicted molar refractivity (Wildman–Crippen MR) is 82.0 cm³/mol. The minimum absolute atomic E-state index is 0.145. The van der Waals surface area contributed by atoms with Crippen LogP contribution in [-0.4, -0.2) is 29.2 Å². The van der Waals surface area contributed by atoms with Gasteiger partial charge in [0.05, 0.1) is 14.2 Å². The van der Waals surface area contributed by atoms with E-state index in [-0.39, 0.29) is 4.90 Å². The molecule has 7 heteroatoms. The molecule has 0 aliphatic heterocycles. The van der Waals surface area contributed by atoms with E-state index in [0.29, 0.717) is 22.5 Å². The predicted octanol–water partition coefficient (Wildman–Crippen LogP) is 2.93. The molecule has 0 radical (unpaired) electrons. The zero-order chi connectivity index (χ0) is 15.2. The summed E-state index contributed by atoms with van der Waals surface area (Å²) in [6.45, 7) is 2.50. The fourth-order valence-electron chi connectivity index (χ4n) is 1.70. The van der Waals surface area contributed by atoms with Crippen molar-refractivity contribution in [3.63, 3.8) is 0 Å². The van der Waals surface area contributed by atoms with Crippen molar-refractivity contribution >= 4 is 26.0 Å². The highest BCUT2D eigenvalue weighted by Crippen LogP contribution is 2.35. The second-order valence-electron chi connectivity index (χ2n) is 4.24. The molecule has 5 nitrogen and oxygen atoms in total. The van der Waals surface area contributed by atoms with Crippen molar-refractivity contribution in [2.75, 3.05) is 20.8 Å². The van der Waals surface area contributed by atoms with Crippen LogP contribution in [0, 0.1) is 0 Å². The summed E-state index contributed by atoms with van der Waals surface area (Å²) >= 11 is 3.26. The Morgan fingerprint density at radius 2 is 1.75 bits per heavy atom. The Morgan fingerprint density at radius 3 is 2.30 bits per heavy atom. The highest BCUT2D eigenvalue weighted by atomic mass is 79.9. The van der Waals surface area contributed by atoms with E-state index in [9.17, 15) is 8.42 Å². The SMILES string of the molecule is CCCCCNS(=O)(=O)c1cc(OC)c(OC)cc1Br. The average molecular weight is 366 g/mol.